The molecule has 0 spiro atoms. The number of carbonyl (C=O) groups is 2. The minimum atomic E-state index is -0.710. The molecule has 0 aliphatic rings. The zero-order valence-corrected chi connectivity index (χ0v) is 11.6. The molecule has 1 atom stereocenters. The summed E-state index contributed by atoms with van der Waals surface area (Å²) >= 11 is 4.25. The third kappa shape index (κ3) is 6.73. The quantitative estimate of drug-likeness (QED) is 0.359. The maximum atomic E-state index is 12.4. The number of nitrogens with zero attached hydrogens (tertiary/aromatic N) is 1. The predicted octanol–water partition coefficient (Wildman–Crippen LogP) is 1.10. The van der Waals surface area contributed by atoms with Crippen LogP contribution in [0.4, 0.5) is 4.39 Å². The van der Waals surface area contributed by atoms with Crippen molar-refractivity contribution < 1.29 is 23.5 Å². The van der Waals surface area contributed by atoms with Crippen LogP contribution in [0.2, 0.25) is 0 Å². The Labute approximate surface area is 111 Å². The van der Waals surface area contributed by atoms with E-state index < -0.39 is 11.3 Å². The van der Waals surface area contributed by atoms with E-state index in [0.29, 0.717) is 0 Å². The Morgan fingerprint density at radius 2 is 1.94 bits per heavy atom. The van der Waals surface area contributed by atoms with Gasteiger partial charge in [-0.15, -0.1) is 0 Å². The lowest BCUT2D eigenvalue weighted by Gasteiger charge is -2.27. The Morgan fingerprint density at radius 1 is 1.33 bits per heavy atom. The smallest absolute Gasteiger partial charge is 0.250 e. The van der Waals surface area contributed by atoms with Gasteiger partial charge in [0, 0.05) is 27.1 Å². The van der Waals surface area contributed by atoms with Gasteiger partial charge in [-0.25, -0.2) is 0 Å². The highest BCUT2D eigenvalue weighted by molar-refractivity contribution is 7.80. The molecule has 0 rings (SSSR count). The van der Waals surface area contributed by atoms with Crippen molar-refractivity contribution in [2.24, 2.45) is 0 Å². The number of hydrogen-bond donors (Lipinski definition) is 0. The fourth-order valence-corrected chi connectivity index (χ4v) is 1.36. The fraction of sp³-hybridized carbons (Fsp3) is 0.727. The Balaban J connectivity index is 4.44. The van der Waals surface area contributed by atoms with E-state index in [9.17, 15) is 14.0 Å². The summed E-state index contributed by atoms with van der Waals surface area (Å²) in [6, 6.07) is 0. The van der Waals surface area contributed by atoms with Crippen LogP contribution in [0.25, 0.3) is 0 Å². The largest absolute Gasteiger partial charge is 0.375 e. The van der Waals surface area contributed by atoms with E-state index in [-0.39, 0.29) is 37.7 Å². The predicted molar refractivity (Wildman–Crippen MR) is 68.0 cm³/mol. The van der Waals surface area contributed by atoms with Crippen LogP contribution >= 0.6 is 12.2 Å². The molecule has 0 N–H and O–H groups in total. The van der Waals surface area contributed by atoms with Crippen molar-refractivity contribution in [2.45, 2.75) is 26.0 Å². The molecule has 0 fully saturated rings. The number of rotatable bonds is 9. The van der Waals surface area contributed by atoms with Crippen LogP contribution in [0.1, 0.15) is 19.8 Å². The van der Waals surface area contributed by atoms with Crippen LogP contribution in [0.5, 0.6) is 0 Å². The number of halogens is 1. The molecule has 7 heteroatoms. The first-order chi connectivity index (χ1) is 8.42. The van der Waals surface area contributed by atoms with Gasteiger partial charge in [0.05, 0.1) is 6.54 Å². The van der Waals surface area contributed by atoms with Gasteiger partial charge >= 0.3 is 0 Å². The Morgan fingerprint density at radius 3 is 2.39 bits per heavy atom. The number of ether oxygens (including phenoxy) is 2. The number of ketones is 1. The van der Waals surface area contributed by atoms with E-state index in [0.717, 1.165) is 0 Å². The van der Waals surface area contributed by atoms with E-state index >= 15 is 0 Å². The van der Waals surface area contributed by atoms with Crippen molar-refractivity contribution >= 4 is 29.0 Å². The second-order valence-corrected chi connectivity index (χ2v) is 4.13. The van der Waals surface area contributed by atoms with Gasteiger partial charge in [0.15, 0.2) is 10.9 Å². The van der Waals surface area contributed by atoms with Crippen molar-refractivity contribution in [1.82, 2.24) is 4.90 Å². The summed E-state index contributed by atoms with van der Waals surface area (Å²) in [6.45, 7) is 1.36. The van der Waals surface area contributed by atoms with Gasteiger partial charge < -0.3 is 14.4 Å². The zero-order valence-electron chi connectivity index (χ0n) is 10.8. The second kappa shape index (κ2) is 9.07. The van der Waals surface area contributed by atoms with Gasteiger partial charge in [-0.3, -0.25) is 9.59 Å². The molecule has 1 amide bonds. The maximum absolute atomic E-state index is 12.4. The Hall–Kier alpha value is -0.920. The van der Waals surface area contributed by atoms with Gasteiger partial charge in [-0.05, 0) is 6.92 Å². The lowest BCUT2D eigenvalue weighted by atomic mass is 10.2. The summed E-state index contributed by atoms with van der Waals surface area (Å²) < 4.78 is 22.1. The van der Waals surface area contributed by atoms with E-state index in [1.54, 1.807) is 6.92 Å². The number of amides is 1. The number of hydrogen-bond acceptors (Lipinski definition) is 5. The van der Waals surface area contributed by atoms with Crippen molar-refractivity contribution in [1.29, 1.82) is 0 Å². The number of methoxy groups -OCH3 is 2. The molecule has 0 aromatic carbocycles. The first kappa shape index (κ1) is 17.1. The van der Waals surface area contributed by atoms with E-state index in [1.807, 2.05) is 0 Å². The van der Waals surface area contributed by atoms with Gasteiger partial charge in [-0.2, -0.15) is 4.39 Å². The van der Waals surface area contributed by atoms with E-state index in [1.165, 1.54) is 19.1 Å². The van der Waals surface area contributed by atoms with E-state index in [4.69, 9.17) is 9.47 Å². The third-order valence-corrected chi connectivity index (χ3v) is 2.52. The van der Waals surface area contributed by atoms with Crippen LogP contribution in [0, 0.1) is 0 Å². The lowest BCUT2D eigenvalue weighted by molar-refractivity contribution is -0.149. The van der Waals surface area contributed by atoms with Crippen molar-refractivity contribution in [2.75, 3.05) is 27.4 Å². The fourth-order valence-electron chi connectivity index (χ4n) is 1.26. The molecule has 0 radical (unpaired) electrons. The molecule has 0 aliphatic heterocycles. The molecular formula is C11H18FNO4S. The minimum Gasteiger partial charge on any atom is -0.375 e. The van der Waals surface area contributed by atoms with Crippen LogP contribution in [-0.2, 0) is 19.1 Å². The first-order valence-corrected chi connectivity index (χ1v) is 5.84. The van der Waals surface area contributed by atoms with Crippen LogP contribution in [0.3, 0.4) is 0 Å². The molecule has 104 valence electrons. The number of thiocarbonyl (C=S) groups is 1. The molecule has 0 heterocycles. The van der Waals surface area contributed by atoms with E-state index in [2.05, 4.69) is 12.2 Å². The molecule has 5 nitrogen and oxygen atoms in total. The Kier molecular flexibility index (Phi) is 8.61. The average molecular weight is 279 g/mol. The highest BCUT2D eigenvalue weighted by atomic mass is 32.1. The highest BCUT2D eigenvalue weighted by Crippen LogP contribution is 2.04. The molecule has 0 bridgehead atoms. The number of Topliss-reactive ketones (excluding diaryl/α,β-unsaturated/α-hetero) is 1. The van der Waals surface area contributed by atoms with Gasteiger partial charge in [0.1, 0.15) is 12.8 Å². The third-order valence-electron chi connectivity index (χ3n) is 2.32. The Bertz CT molecular complexity index is 311. The number of carbonyl (C=O) groups excluding carboxylic acids is 2. The monoisotopic (exact) mass is 279 g/mol. The van der Waals surface area contributed by atoms with Gasteiger partial charge in [-0.1, -0.05) is 12.2 Å². The summed E-state index contributed by atoms with van der Waals surface area (Å²) in [5, 5.41) is -0.710. The van der Waals surface area contributed by atoms with Crippen LogP contribution in [-0.4, -0.2) is 55.3 Å². The molecule has 0 aromatic heterocycles. The summed E-state index contributed by atoms with van der Waals surface area (Å²) in [5.74, 6) is -0.633. The maximum Gasteiger partial charge on any atom is 0.250 e. The summed E-state index contributed by atoms with van der Waals surface area (Å²) in [7, 11) is 2.82. The second-order valence-electron chi connectivity index (χ2n) is 3.68. The topological polar surface area (TPSA) is 55.8 Å². The molecule has 1 unspecified atom stereocenters. The standard InChI is InChI=1S/C11H18FNO4S/c1-8(17-3)13(11(15)7-16-2)6-9(14)4-5-10(12)18/h8H,4-7H2,1-3H3. The van der Waals surface area contributed by atoms with Crippen LogP contribution < -0.4 is 0 Å². The molecule has 0 saturated carbocycles. The summed E-state index contributed by atoms with van der Waals surface area (Å²) in [6.07, 6.45) is -0.668. The SMILES string of the molecule is COCC(=O)N(CC(=O)CCC(F)=S)C(C)OC. The first-order valence-electron chi connectivity index (χ1n) is 5.43. The average Bonchev–Trinajstić information content (AvgIpc) is 2.32. The highest BCUT2D eigenvalue weighted by Gasteiger charge is 2.22. The van der Waals surface area contributed by atoms with Gasteiger partial charge in [0.25, 0.3) is 5.91 Å². The summed E-state index contributed by atoms with van der Waals surface area (Å²) in [5.41, 5.74) is 0. The lowest BCUT2D eigenvalue weighted by Crippen LogP contribution is -2.44. The summed E-state index contributed by atoms with van der Waals surface area (Å²) in [4.78, 5) is 24.5. The zero-order chi connectivity index (χ0) is 14.1. The van der Waals surface area contributed by atoms with Gasteiger partial charge in [0.2, 0.25) is 0 Å². The molecule has 0 aliphatic carbocycles. The van der Waals surface area contributed by atoms with Crippen molar-refractivity contribution in [3.05, 3.63) is 0 Å². The van der Waals surface area contributed by atoms with Crippen molar-refractivity contribution in [3.63, 3.8) is 0 Å². The molecule has 18 heavy (non-hydrogen) atoms. The van der Waals surface area contributed by atoms with Crippen molar-refractivity contribution in [3.8, 4) is 0 Å². The normalized spacial score (nSPS) is 12.0. The minimum absolute atomic E-state index is 0.0253. The van der Waals surface area contributed by atoms with Crippen LogP contribution in [0.15, 0.2) is 0 Å². The molecule has 0 aromatic rings. The molecule has 0 saturated heterocycles. The molecular weight excluding hydrogens is 261 g/mol.